The summed E-state index contributed by atoms with van der Waals surface area (Å²) >= 11 is 0. The number of aryl methyl sites for hydroxylation is 1. The summed E-state index contributed by atoms with van der Waals surface area (Å²) in [5.74, 6) is 0.751. The smallest absolute Gasteiger partial charge is 0.263 e. The van der Waals surface area contributed by atoms with Crippen LogP contribution >= 0.6 is 0 Å². The van der Waals surface area contributed by atoms with Crippen LogP contribution in [0.4, 0.5) is 14.6 Å². The fourth-order valence-electron chi connectivity index (χ4n) is 2.38. The zero-order valence-corrected chi connectivity index (χ0v) is 12.1. The van der Waals surface area contributed by atoms with E-state index in [2.05, 4.69) is 15.3 Å². The van der Waals surface area contributed by atoms with Gasteiger partial charge in [-0.25, -0.2) is 18.7 Å². The van der Waals surface area contributed by atoms with Crippen molar-refractivity contribution in [2.75, 3.05) is 5.32 Å². The van der Waals surface area contributed by atoms with E-state index >= 15 is 0 Å². The molecule has 0 atom stereocenters. The van der Waals surface area contributed by atoms with Crippen molar-refractivity contribution in [2.24, 2.45) is 0 Å². The molecule has 0 saturated heterocycles. The lowest BCUT2D eigenvalue weighted by Crippen LogP contribution is -2.03. The van der Waals surface area contributed by atoms with Crippen molar-refractivity contribution in [1.82, 2.24) is 9.97 Å². The van der Waals surface area contributed by atoms with Crippen LogP contribution in [-0.2, 0) is 6.54 Å². The van der Waals surface area contributed by atoms with Gasteiger partial charge in [0.05, 0.1) is 5.52 Å². The van der Waals surface area contributed by atoms with Crippen molar-refractivity contribution in [3.8, 4) is 0 Å². The molecule has 0 spiro atoms. The molecule has 0 radical (unpaired) electrons. The van der Waals surface area contributed by atoms with Gasteiger partial charge in [-0.1, -0.05) is 36.4 Å². The van der Waals surface area contributed by atoms with E-state index in [0.717, 1.165) is 27.8 Å². The molecular formula is C17H15F2N3. The lowest BCUT2D eigenvalue weighted by molar-refractivity contribution is 0.151. The first-order chi connectivity index (χ1) is 10.6. The van der Waals surface area contributed by atoms with Crippen LogP contribution in [0.15, 0.2) is 48.8 Å². The summed E-state index contributed by atoms with van der Waals surface area (Å²) in [6, 6.07) is 12.2. The van der Waals surface area contributed by atoms with E-state index in [1.54, 1.807) is 12.1 Å². The van der Waals surface area contributed by atoms with Gasteiger partial charge < -0.3 is 5.32 Å². The number of alkyl halides is 2. The number of hydrogen-bond acceptors (Lipinski definition) is 3. The Morgan fingerprint density at radius 2 is 1.82 bits per heavy atom. The van der Waals surface area contributed by atoms with Gasteiger partial charge in [0, 0.05) is 17.5 Å². The van der Waals surface area contributed by atoms with Crippen LogP contribution in [0, 0.1) is 6.92 Å². The molecule has 0 amide bonds. The maximum absolute atomic E-state index is 12.5. The Hall–Kier alpha value is -2.56. The molecule has 0 saturated carbocycles. The second-order valence-electron chi connectivity index (χ2n) is 5.09. The minimum atomic E-state index is -2.43. The molecule has 2 aromatic carbocycles. The van der Waals surface area contributed by atoms with E-state index in [-0.39, 0.29) is 5.56 Å². The first-order valence-electron chi connectivity index (χ1n) is 6.96. The summed E-state index contributed by atoms with van der Waals surface area (Å²) in [5.41, 5.74) is 2.93. The number of nitrogens with one attached hydrogen (secondary N) is 1. The summed E-state index contributed by atoms with van der Waals surface area (Å²) < 4.78 is 25.1. The largest absolute Gasteiger partial charge is 0.365 e. The van der Waals surface area contributed by atoms with Gasteiger partial charge in [-0.05, 0) is 24.1 Å². The Balaban J connectivity index is 1.82. The van der Waals surface area contributed by atoms with Gasteiger partial charge in [-0.2, -0.15) is 0 Å². The normalized spacial score (nSPS) is 11.1. The van der Waals surface area contributed by atoms with Crippen LogP contribution in [0.25, 0.3) is 10.9 Å². The average molecular weight is 299 g/mol. The highest BCUT2D eigenvalue weighted by Crippen LogP contribution is 2.24. The van der Waals surface area contributed by atoms with Crippen LogP contribution in [0.3, 0.4) is 0 Å². The quantitative estimate of drug-likeness (QED) is 0.771. The number of anilines is 1. The van der Waals surface area contributed by atoms with Gasteiger partial charge in [-0.3, -0.25) is 0 Å². The maximum atomic E-state index is 12.5. The first kappa shape index (κ1) is 14.4. The minimum Gasteiger partial charge on any atom is -0.365 e. The highest BCUT2D eigenvalue weighted by molar-refractivity contribution is 5.91. The van der Waals surface area contributed by atoms with Crippen molar-refractivity contribution in [2.45, 2.75) is 19.9 Å². The standard InChI is InChI=1S/C17H15F2N3/c1-11-3-2-4-14-15(11)17(22-10-21-14)20-9-12-5-7-13(8-6-12)16(18)19/h2-8,10,16H,9H2,1H3,(H,20,21,22). The zero-order chi connectivity index (χ0) is 15.5. The molecule has 0 aliphatic heterocycles. The topological polar surface area (TPSA) is 37.8 Å². The van der Waals surface area contributed by atoms with E-state index < -0.39 is 6.43 Å². The molecule has 112 valence electrons. The Labute approximate surface area is 127 Å². The summed E-state index contributed by atoms with van der Waals surface area (Å²) in [6.45, 7) is 2.53. The Bertz CT molecular complexity index is 780. The van der Waals surface area contributed by atoms with E-state index in [1.807, 2.05) is 25.1 Å². The van der Waals surface area contributed by atoms with Gasteiger partial charge >= 0.3 is 0 Å². The van der Waals surface area contributed by atoms with Crippen molar-refractivity contribution < 1.29 is 8.78 Å². The van der Waals surface area contributed by atoms with Crippen LogP contribution in [0.2, 0.25) is 0 Å². The highest BCUT2D eigenvalue weighted by Gasteiger charge is 2.08. The lowest BCUT2D eigenvalue weighted by atomic mass is 10.1. The number of hydrogen-bond donors (Lipinski definition) is 1. The number of fused-ring (bicyclic) bond motifs is 1. The van der Waals surface area contributed by atoms with Crippen molar-refractivity contribution >= 4 is 16.7 Å². The molecule has 1 heterocycles. The van der Waals surface area contributed by atoms with Gasteiger partial charge in [0.1, 0.15) is 12.1 Å². The minimum absolute atomic E-state index is 0.0343. The molecule has 0 bridgehead atoms. The number of benzene rings is 2. The third-order valence-electron chi connectivity index (χ3n) is 3.56. The van der Waals surface area contributed by atoms with E-state index in [0.29, 0.717) is 6.54 Å². The number of halogens is 2. The van der Waals surface area contributed by atoms with Gasteiger partial charge in [-0.15, -0.1) is 0 Å². The molecule has 3 aromatic rings. The Kier molecular flexibility index (Phi) is 3.96. The second kappa shape index (κ2) is 6.05. The monoisotopic (exact) mass is 299 g/mol. The van der Waals surface area contributed by atoms with Crippen LogP contribution in [0.1, 0.15) is 23.1 Å². The number of rotatable bonds is 4. The highest BCUT2D eigenvalue weighted by atomic mass is 19.3. The second-order valence-corrected chi connectivity index (χ2v) is 5.09. The molecule has 0 aliphatic rings. The molecule has 3 nitrogen and oxygen atoms in total. The molecule has 22 heavy (non-hydrogen) atoms. The number of nitrogens with zero attached hydrogens (tertiary/aromatic N) is 2. The molecule has 0 unspecified atom stereocenters. The van der Waals surface area contributed by atoms with E-state index in [4.69, 9.17) is 0 Å². The fourth-order valence-corrected chi connectivity index (χ4v) is 2.38. The average Bonchev–Trinajstić information content (AvgIpc) is 2.53. The molecular weight excluding hydrogens is 284 g/mol. The molecule has 0 aliphatic carbocycles. The lowest BCUT2D eigenvalue weighted by Gasteiger charge is -2.10. The molecule has 1 N–H and O–H groups in total. The predicted octanol–water partition coefficient (Wildman–Crippen LogP) is 4.49. The molecule has 0 fully saturated rings. The van der Waals surface area contributed by atoms with Crippen LogP contribution < -0.4 is 5.32 Å². The van der Waals surface area contributed by atoms with Crippen molar-refractivity contribution in [3.05, 3.63) is 65.5 Å². The third-order valence-corrected chi connectivity index (χ3v) is 3.56. The van der Waals surface area contributed by atoms with Crippen molar-refractivity contribution in [1.29, 1.82) is 0 Å². The van der Waals surface area contributed by atoms with Gasteiger partial charge in [0.25, 0.3) is 6.43 Å². The van der Waals surface area contributed by atoms with Gasteiger partial charge in [0.2, 0.25) is 0 Å². The summed E-state index contributed by atoms with van der Waals surface area (Å²) in [7, 11) is 0. The van der Waals surface area contributed by atoms with E-state index in [1.165, 1.54) is 18.5 Å². The van der Waals surface area contributed by atoms with E-state index in [9.17, 15) is 8.78 Å². The summed E-state index contributed by atoms with van der Waals surface area (Å²) in [4.78, 5) is 8.54. The predicted molar refractivity (Wildman–Crippen MR) is 83.0 cm³/mol. The third kappa shape index (κ3) is 2.88. The zero-order valence-electron chi connectivity index (χ0n) is 12.1. The Morgan fingerprint density at radius 1 is 1.05 bits per heavy atom. The SMILES string of the molecule is Cc1cccc2ncnc(NCc3ccc(C(F)F)cc3)c12. The maximum Gasteiger partial charge on any atom is 0.263 e. The Morgan fingerprint density at radius 3 is 2.55 bits per heavy atom. The molecule has 1 aromatic heterocycles. The molecule has 3 rings (SSSR count). The van der Waals surface area contributed by atoms with Crippen molar-refractivity contribution in [3.63, 3.8) is 0 Å². The molecule has 5 heteroatoms. The summed E-state index contributed by atoms with van der Waals surface area (Å²) in [6.07, 6.45) is -0.917. The fraction of sp³-hybridized carbons (Fsp3) is 0.176. The van der Waals surface area contributed by atoms with Crippen LogP contribution in [-0.4, -0.2) is 9.97 Å². The van der Waals surface area contributed by atoms with Crippen LogP contribution in [0.5, 0.6) is 0 Å². The summed E-state index contributed by atoms with van der Waals surface area (Å²) in [5, 5.41) is 4.24. The van der Waals surface area contributed by atoms with Gasteiger partial charge in [0.15, 0.2) is 0 Å². The number of aromatic nitrogens is 2. The first-order valence-corrected chi connectivity index (χ1v) is 6.96.